The summed E-state index contributed by atoms with van der Waals surface area (Å²) in [6, 6.07) is 0. The molecule has 1 atom stereocenters. The Morgan fingerprint density at radius 3 is 2.57 bits per heavy atom. The van der Waals surface area contributed by atoms with Crippen LogP contribution in [0.1, 0.15) is 38.5 Å². The Labute approximate surface area is 84.5 Å². The van der Waals surface area contributed by atoms with E-state index < -0.39 is 14.0 Å². The SMILES string of the molecule is O=C(O)CC[P+](=O)OC1CCCCC1. The van der Waals surface area contributed by atoms with Gasteiger partial charge in [-0.1, -0.05) is 19.3 Å². The van der Waals surface area contributed by atoms with Crippen molar-refractivity contribution < 1.29 is 19.0 Å². The third kappa shape index (κ3) is 4.68. The highest BCUT2D eigenvalue weighted by Gasteiger charge is 2.26. The van der Waals surface area contributed by atoms with Crippen molar-refractivity contribution >= 4 is 14.0 Å². The second-order valence-electron chi connectivity index (χ2n) is 3.57. The van der Waals surface area contributed by atoms with Gasteiger partial charge in [-0.25, -0.2) is 0 Å². The third-order valence-electron chi connectivity index (χ3n) is 2.33. The fraction of sp³-hybridized carbons (Fsp3) is 0.889. The van der Waals surface area contributed by atoms with Crippen molar-refractivity contribution in [2.45, 2.75) is 44.6 Å². The minimum absolute atomic E-state index is 0.0675. The molecule has 80 valence electrons. The van der Waals surface area contributed by atoms with Crippen molar-refractivity contribution in [1.29, 1.82) is 0 Å². The molecular formula is C9H16O4P+. The Kier molecular flexibility index (Phi) is 5.05. The molecule has 0 aromatic heterocycles. The summed E-state index contributed by atoms with van der Waals surface area (Å²) in [4.78, 5) is 10.2. The quantitative estimate of drug-likeness (QED) is 0.721. The van der Waals surface area contributed by atoms with Gasteiger partial charge in [0, 0.05) is 0 Å². The van der Waals surface area contributed by atoms with E-state index in [0.29, 0.717) is 0 Å². The third-order valence-corrected chi connectivity index (χ3v) is 3.45. The molecule has 0 radical (unpaired) electrons. The number of aliphatic carboxylic acids is 1. The molecule has 0 spiro atoms. The first-order valence-corrected chi connectivity index (χ1v) is 6.38. The van der Waals surface area contributed by atoms with Gasteiger partial charge in [0.25, 0.3) is 0 Å². The number of hydrogen-bond acceptors (Lipinski definition) is 3. The largest absolute Gasteiger partial charge is 0.508 e. The van der Waals surface area contributed by atoms with E-state index in [2.05, 4.69) is 0 Å². The maximum Gasteiger partial charge on any atom is 0.508 e. The molecule has 0 bridgehead atoms. The van der Waals surface area contributed by atoms with Gasteiger partial charge in [-0.15, -0.1) is 4.52 Å². The Morgan fingerprint density at radius 1 is 1.36 bits per heavy atom. The first-order chi connectivity index (χ1) is 6.68. The van der Waals surface area contributed by atoms with Gasteiger partial charge in [0.1, 0.15) is 6.10 Å². The molecule has 1 fully saturated rings. The Morgan fingerprint density at radius 2 is 2.00 bits per heavy atom. The van der Waals surface area contributed by atoms with Crippen molar-refractivity contribution in [2.75, 3.05) is 6.16 Å². The van der Waals surface area contributed by atoms with E-state index in [1.54, 1.807) is 0 Å². The standard InChI is InChI=1S/C9H15O4P/c10-9(11)6-7-14(12)13-8-4-2-1-3-5-8/h8H,1-7H2/p+1. The van der Waals surface area contributed by atoms with Crippen LogP contribution in [0.2, 0.25) is 0 Å². The van der Waals surface area contributed by atoms with Crippen LogP contribution in [0.5, 0.6) is 0 Å². The van der Waals surface area contributed by atoms with Crippen LogP contribution >= 0.6 is 8.03 Å². The van der Waals surface area contributed by atoms with Crippen molar-refractivity contribution in [3.63, 3.8) is 0 Å². The normalized spacial score (nSPS) is 19.3. The van der Waals surface area contributed by atoms with Gasteiger partial charge < -0.3 is 5.11 Å². The Bertz CT molecular complexity index is 211. The van der Waals surface area contributed by atoms with Crippen molar-refractivity contribution in [3.05, 3.63) is 0 Å². The first-order valence-electron chi connectivity index (χ1n) is 5.01. The number of carboxylic acid groups (broad SMARTS) is 1. The summed E-state index contributed by atoms with van der Waals surface area (Å²) < 4.78 is 16.6. The van der Waals surface area contributed by atoms with E-state index in [1.807, 2.05) is 0 Å². The average molecular weight is 219 g/mol. The molecule has 1 aliphatic rings. The molecule has 1 rings (SSSR count). The molecular weight excluding hydrogens is 203 g/mol. The van der Waals surface area contributed by atoms with Crippen LogP contribution in [0.25, 0.3) is 0 Å². The fourth-order valence-corrected chi connectivity index (χ4v) is 2.60. The van der Waals surface area contributed by atoms with E-state index in [0.717, 1.165) is 25.7 Å². The minimum Gasteiger partial charge on any atom is -0.481 e. The number of carboxylic acids is 1. The van der Waals surface area contributed by atoms with E-state index in [1.165, 1.54) is 6.42 Å². The monoisotopic (exact) mass is 219 g/mol. The maximum absolute atomic E-state index is 11.3. The summed E-state index contributed by atoms with van der Waals surface area (Å²) in [6.07, 6.45) is 5.60. The Balaban J connectivity index is 2.15. The predicted octanol–water partition coefficient (Wildman–Crippen LogP) is 2.55. The van der Waals surface area contributed by atoms with E-state index in [9.17, 15) is 9.36 Å². The highest BCUT2D eigenvalue weighted by atomic mass is 31.1. The second-order valence-corrected chi connectivity index (χ2v) is 4.89. The molecule has 14 heavy (non-hydrogen) atoms. The average Bonchev–Trinajstić information content (AvgIpc) is 2.16. The molecule has 1 unspecified atom stereocenters. The molecule has 0 aromatic rings. The lowest BCUT2D eigenvalue weighted by molar-refractivity contribution is -0.136. The van der Waals surface area contributed by atoms with Gasteiger partial charge in [0.05, 0.1) is 6.42 Å². The molecule has 0 amide bonds. The molecule has 1 aliphatic carbocycles. The lowest BCUT2D eigenvalue weighted by atomic mass is 9.98. The van der Waals surface area contributed by atoms with Crippen LogP contribution in [-0.4, -0.2) is 23.3 Å². The van der Waals surface area contributed by atoms with Crippen LogP contribution < -0.4 is 0 Å². The number of rotatable bonds is 5. The van der Waals surface area contributed by atoms with E-state index >= 15 is 0 Å². The topological polar surface area (TPSA) is 63.6 Å². The van der Waals surface area contributed by atoms with Gasteiger partial charge in [-0.05, 0) is 17.4 Å². The highest BCUT2D eigenvalue weighted by Crippen LogP contribution is 2.31. The van der Waals surface area contributed by atoms with Crippen LogP contribution in [0.3, 0.4) is 0 Å². The van der Waals surface area contributed by atoms with Crippen molar-refractivity contribution in [3.8, 4) is 0 Å². The first kappa shape index (κ1) is 11.6. The zero-order valence-electron chi connectivity index (χ0n) is 8.15. The van der Waals surface area contributed by atoms with Crippen LogP contribution in [0.15, 0.2) is 0 Å². The molecule has 0 saturated heterocycles. The molecule has 0 aliphatic heterocycles. The zero-order chi connectivity index (χ0) is 10.4. The number of hydrogen-bond donors (Lipinski definition) is 1. The molecule has 4 nitrogen and oxygen atoms in total. The summed E-state index contributed by atoms with van der Waals surface area (Å²) in [5.41, 5.74) is 0. The van der Waals surface area contributed by atoms with Gasteiger partial charge in [0.2, 0.25) is 0 Å². The van der Waals surface area contributed by atoms with Gasteiger partial charge in [-0.2, -0.15) is 0 Å². The van der Waals surface area contributed by atoms with E-state index in [4.69, 9.17) is 9.63 Å². The summed E-state index contributed by atoms with van der Waals surface area (Å²) in [5, 5.41) is 8.38. The smallest absolute Gasteiger partial charge is 0.481 e. The van der Waals surface area contributed by atoms with Crippen LogP contribution in [0, 0.1) is 0 Å². The van der Waals surface area contributed by atoms with Crippen molar-refractivity contribution in [2.24, 2.45) is 0 Å². The zero-order valence-corrected chi connectivity index (χ0v) is 9.04. The molecule has 1 saturated carbocycles. The summed E-state index contributed by atoms with van der Waals surface area (Å²) in [7, 11) is -1.77. The molecule has 0 aromatic carbocycles. The lowest BCUT2D eigenvalue weighted by Crippen LogP contribution is -2.13. The summed E-state index contributed by atoms with van der Waals surface area (Å²) >= 11 is 0. The number of carbonyl (C=O) groups is 1. The predicted molar refractivity (Wildman–Crippen MR) is 52.7 cm³/mol. The maximum atomic E-state index is 11.3. The van der Waals surface area contributed by atoms with Crippen LogP contribution in [-0.2, 0) is 13.9 Å². The molecule has 1 N–H and O–H groups in total. The molecule has 5 heteroatoms. The van der Waals surface area contributed by atoms with E-state index in [-0.39, 0.29) is 18.7 Å². The van der Waals surface area contributed by atoms with Gasteiger partial charge in [0.15, 0.2) is 6.16 Å². The van der Waals surface area contributed by atoms with Gasteiger partial charge >= 0.3 is 14.0 Å². The molecule has 0 heterocycles. The van der Waals surface area contributed by atoms with Gasteiger partial charge in [-0.3, -0.25) is 4.79 Å². The minimum atomic E-state index is -1.77. The fourth-order valence-electron chi connectivity index (χ4n) is 1.58. The highest BCUT2D eigenvalue weighted by molar-refractivity contribution is 7.39. The second kappa shape index (κ2) is 6.10. The lowest BCUT2D eigenvalue weighted by Gasteiger charge is -2.15. The Hall–Kier alpha value is -0.470. The van der Waals surface area contributed by atoms with Crippen molar-refractivity contribution in [1.82, 2.24) is 0 Å². The summed E-state index contributed by atoms with van der Waals surface area (Å²) in [6.45, 7) is 0. The van der Waals surface area contributed by atoms with Crippen LogP contribution in [0.4, 0.5) is 0 Å². The summed E-state index contributed by atoms with van der Waals surface area (Å²) in [5.74, 6) is -0.916.